The van der Waals surface area contributed by atoms with Crippen LogP contribution in [0.5, 0.6) is 0 Å². The highest BCUT2D eigenvalue weighted by Gasteiger charge is 2.52. The lowest BCUT2D eigenvalue weighted by Gasteiger charge is -2.58. The number of H-pyrrole nitrogens is 1. The number of amides is 1. The third-order valence-corrected chi connectivity index (χ3v) is 18.6. The molecule has 1 amide bonds. The number of rotatable bonds is 14. The number of piperidine rings is 1. The summed E-state index contributed by atoms with van der Waals surface area (Å²) in [4.78, 5) is 35.3. The molecule has 8 fully saturated rings. The van der Waals surface area contributed by atoms with Gasteiger partial charge >= 0.3 is 0 Å². The van der Waals surface area contributed by atoms with E-state index in [0.717, 1.165) is 68.9 Å². The minimum atomic E-state index is -0.125. The van der Waals surface area contributed by atoms with Crippen LogP contribution in [0.3, 0.4) is 0 Å². The molecule has 7 nitrogen and oxygen atoms in total. The summed E-state index contributed by atoms with van der Waals surface area (Å²) in [6.07, 6.45) is 25.4. The summed E-state index contributed by atoms with van der Waals surface area (Å²) in [6.45, 7) is 16.0. The van der Waals surface area contributed by atoms with Crippen LogP contribution in [0, 0.1) is 73.0 Å². The topological polar surface area (TPSA) is 73.4 Å². The lowest BCUT2D eigenvalue weighted by molar-refractivity contribution is -0.0723. The van der Waals surface area contributed by atoms with Crippen LogP contribution in [0.1, 0.15) is 155 Å². The molecule has 2 aromatic heterocycles. The van der Waals surface area contributed by atoms with E-state index in [9.17, 15) is 9.59 Å². The van der Waals surface area contributed by atoms with Gasteiger partial charge in [0.2, 0.25) is 0 Å². The predicted molar refractivity (Wildman–Crippen MR) is 240 cm³/mol. The molecule has 1 aliphatic heterocycles. The molecule has 7 saturated carbocycles. The number of carbonyl (C=O) groups excluding carboxylic acids is 1. The minimum Gasteiger partial charge on any atom is -0.348 e. The molecule has 3 aromatic rings. The summed E-state index contributed by atoms with van der Waals surface area (Å²) in [6, 6.07) is 10.7. The highest BCUT2D eigenvalue weighted by molar-refractivity contribution is 6.08. The molecular formula is C52H75N5O2. The first kappa shape index (κ1) is 40.2. The third kappa shape index (κ3) is 7.80. The van der Waals surface area contributed by atoms with Gasteiger partial charge < -0.3 is 24.7 Å². The monoisotopic (exact) mass is 802 g/mol. The van der Waals surface area contributed by atoms with Gasteiger partial charge in [0.15, 0.2) is 0 Å². The van der Waals surface area contributed by atoms with Crippen molar-refractivity contribution in [2.24, 2.45) is 52.3 Å². The predicted octanol–water partition coefficient (Wildman–Crippen LogP) is 10.4. The van der Waals surface area contributed by atoms with E-state index in [0.29, 0.717) is 28.4 Å². The van der Waals surface area contributed by atoms with Crippen molar-refractivity contribution in [2.45, 2.75) is 149 Å². The van der Waals surface area contributed by atoms with Gasteiger partial charge in [-0.1, -0.05) is 31.0 Å². The number of benzene rings is 1. The summed E-state index contributed by atoms with van der Waals surface area (Å²) in [7, 11) is 0. The number of likely N-dealkylation sites (tertiary alicyclic amines) is 1. The van der Waals surface area contributed by atoms with Gasteiger partial charge in [0.25, 0.3) is 11.5 Å². The first-order valence-corrected chi connectivity index (χ1v) is 24.6. The van der Waals surface area contributed by atoms with Gasteiger partial charge in [-0.25, -0.2) is 0 Å². The number of nitrogens with one attached hydrogen (secondary N) is 2. The number of aryl methyl sites for hydroxylation is 2. The number of hydrogen-bond acceptors (Lipinski definition) is 4. The molecule has 3 atom stereocenters. The molecule has 0 radical (unpaired) electrons. The lowest BCUT2D eigenvalue weighted by Crippen LogP contribution is -2.50. The lowest BCUT2D eigenvalue weighted by atomic mass is 9.48. The van der Waals surface area contributed by atoms with Crippen LogP contribution in [0.15, 0.2) is 35.1 Å². The second kappa shape index (κ2) is 16.1. The molecule has 59 heavy (non-hydrogen) atoms. The van der Waals surface area contributed by atoms with Gasteiger partial charge in [-0.15, -0.1) is 0 Å². The van der Waals surface area contributed by atoms with E-state index in [1.54, 1.807) is 57.8 Å². The van der Waals surface area contributed by atoms with Crippen molar-refractivity contribution < 1.29 is 4.79 Å². The summed E-state index contributed by atoms with van der Waals surface area (Å²) >= 11 is 0. The largest absolute Gasteiger partial charge is 0.348 e. The maximum atomic E-state index is 13.9. The quantitative estimate of drug-likeness (QED) is 0.170. The molecule has 7 heteroatoms. The fourth-order valence-electron chi connectivity index (χ4n) is 16.1. The van der Waals surface area contributed by atoms with E-state index in [-0.39, 0.29) is 18.0 Å². The molecule has 11 rings (SSSR count). The van der Waals surface area contributed by atoms with Crippen LogP contribution < -0.4 is 10.9 Å². The first-order valence-electron chi connectivity index (χ1n) is 24.6. The molecule has 3 heterocycles. The Morgan fingerprint density at radius 2 is 1.47 bits per heavy atom. The number of para-hydroxylation sites is 1. The second-order valence-corrected chi connectivity index (χ2v) is 22.2. The highest BCUT2D eigenvalue weighted by Crippen LogP contribution is 2.63. The smallest absolute Gasteiger partial charge is 0.254 e. The zero-order valence-corrected chi connectivity index (χ0v) is 37.1. The fourth-order valence-corrected chi connectivity index (χ4v) is 16.1. The molecule has 1 aromatic carbocycles. The van der Waals surface area contributed by atoms with Gasteiger partial charge in [0, 0.05) is 53.5 Å². The number of hydrogen-bond donors (Lipinski definition) is 2. The summed E-state index contributed by atoms with van der Waals surface area (Å²) in [5, 5.41) is 4.11. The Bertz CT molecular complexity index is 2020. The highest BCUT2D eigenvalue weighted by atomic mass is 16.2. The van der Waals surface area contributed by atoms with E-state index in [4.69, 9.17) is 0 Å². The number of aromatic amines is 1. The first-order chi connectivity index (χ1) is 28.5. The van der Waals surface area contributed by atoms with E-state index in [1.807, 2.05) is 26.0 Å². The van der Waals surface area contributed by atoms with Crippen molar-refractivity contribution in [3.8, 4) is 0 Å². The van der Waals surface area contributed by atoms with Crippen molar-refractivity contribution in [2.75, 3.05) is 39.3 Å². The van der Waals surface area contributed by atoms with Gasteiger partial charge in [-0.3, -0.25) is 9.59 Å². The normalized spacial score (nSPS) is 33.3. The molecule has 7 bridgehead atoms. The molecule has 2 N–H and O–H groups in total. The van der Waals surface area contributed by atoms with Crippen LogP contribution in [0.4, 0.5) is 0 Å². The number of aromatic nitrogens is 2. The Balaban J connectivity index is 0.789. The van der Waals surface area contributed by atoms with Gasteiger partial charge in [0.05, 0.1) is 5.56 Å². The van der Waals surface area contributed by atoms with Crippen molar-refractivity contribution in [3.63, 3.8) is 0 Å². The van der Waals surface area contributed by atoms with Crippen LogP contribution >= 0.6 is 0 Å². The summed E-state index contributed by atoms with van der Waals surface area (Å²) in [5.74, 6) is 6.69. The molecule has 7 aliphatic carbocycles. The second-order valence-electron chi connectivity index (χ2n) is 22.2. The molecule has 2 unspecified atom stereocenters. The van der Waals surface area contributed by atoms with Crippen LogP contribution in [0.2, 0.25) is 0 Å². The Labute approximate surface area is 354 Å². The van der Waals surface area contributed by atoms with E-state index < -0.39 is 0 Å². The van der Waals surface area contributed by atoms with Crippen molar-refractivity contribution in [3.05, 3.63) is 68.8 Å². The number of fused-ring (bicyclic) bond motifs is 3. The van der Waals surface area contributed by atoms with E-state index >= 15 is 0 Å². The van der Waals surface area contributed by atoms with Crippen molar-refractivity contribution in [1.82, 2.24) is 24.7 Å². The maximum absolute atomic E-state index is 13.9. The van der Waals surface area contributed by atoms with Gasteiger partial charge in [0.1, 0.15) is 0 Å². The van der Waals surface area contributed by atoms with Gasteiger partial charge in [-0.05, 0) is 220 Å². The summed E-state index contributed by atoms with van der Waals surface area (Å²) < 4.78 is 2.45. The maximum Gasteiger partial charge on any atom is 0.254 e. The Morgan fingerprint density at radius 3 is 2.15 bits per heavy atom. The SMILES string of the molecule is Cc1cc(C)c(CNC(=O)c2c(C)n([C@@H](C)C3CCN(CCN(CCC45CC6CC(CC(C6)C4)C5)CCC45CC6CCC4CCC(C6)C5)CC3)c3ccccc23)c(=O)[nH]1. The van der Waals surface area contributed by atoms with Crippen LogP contribution in [0.25, 0.3) is 10.9 Å². The average molecular weight is 802 g/mol. The molecule has 0 spiro atoms. The number of nitrogens with zero attached hydrogens (tertiary/aromatic N) is 3. The standard InChI is InChI=1S/C52H75N5O2/c1-34-23-35(2)54-49(58)46(34)33-53-50(59)48-37(4)57(47-8-6-5-7-45(47)48)36(3)43-13-17-55(18-14-43)21-22-56(19-15-51-28-40-25-41(29-51)27-42(26-40)30-51)20-16-52-31-38-9-11-44(52)12-10-39(24-38)32-52/h5-8,23,36,38-44H,9-22,24-33H2,1-4H3,(H,53,59)(H,54,58)/t36-,38?,39?,40?,41?,42?,44?,51?,52?/m0/s1. The molecule has 1 saturated heterocycles. The van der Waals surface area contributed by atoms with E-state index in [1.165, 1.54) is 90.6 Å². The van der Waals surface area contributed by atoms with Gasteiger partial charge in [-0.2, -0.15) is 0 Å². The minimum absolute atomic E-state index is 0.106. The molecule has 320 valence electrons. The Morgan fingerprint density at radius 1 is 0.831 bits per heavy atom. The fraction of sp³-hybridized carbons (Fsp3) is 0.731. The molecule has 8 aliphatic rings. The third-order valence-electron chi connectivity index (χ3n) is 18.6. The van der Waals surface area contributed by atoms with Crippen molar-refractivity contribution in [1.29, 1.82) is 0 Å². The van der Waals surface area contributed by atoms with E-state index in [2.05, 4.69) is 56.7 Å². The van der Waals surface area contributed by atoms with Crippen LogP contribution in [-0.4, -0.2) is 64.5 Å². The zero-order chi connectivity index (χ0) is 40.5. The molecular weight excluding hydrogens is 727 g/mol. The Kier molecular flexibility index (Phi) is 11.0. The Hall–Kier alpha value is -2.90. The number of carbonyl (C=O) groups is 1. The summed E-state index contributed by atoms with van der Waals surface area (Å²) in [5.41, 5.74) is 6.47. The average Bonchev–Trinajstić information content (AvgIpc) is 3.50. The van der Waals surface area contributed by atoms with Crippen LogP contribution in [-0.2, 0) is 6.54 Å². The van der Waals surface area contributed by atoms with Crippen molar-refractivity contribution >= 4 is 16.8 Å². The number of pyridine rings is 1. The zero-order valence-electron chi connectivity index (χ0n) is 37.1.